The molecule has 0 bridgehead atoms. The first kappa shape index (κ1) is 12.7. The normalized spacial score (nSPS) is 16.6. The number of alkyl halides is 2. The number of hydrogen-bond donors (Lipinski definition) is 0. The highest BCUT2D eigenvalue weighted by molar-refractivity contribution is 6.05. The lowest BCUT2D eigenvalue weighted by molar-refractivity contribution is -0.141. The van der Waals surface area contributed by atoms with Crippen molar-refractivity contribution in [2.24, 2.45) is 7.05 Å². The third-order valence-corrected chi connectivity index (χ3v) is 3.27. The summed E-state index contributed by atoms with van der Waals surface area (Å²) in [6.07, 6.45) is 1.59. The number of carbonyl (C=O) groups excluding carboxylic acids is 1. The van der Waals surface area contributed by atoms with Gasteiger partial charge in [-0.3, -0.25) is 9.48 Å². The molecular formula is C13H12F2N4O. The molecule has 0 fully saturated rings. The Labute approximate surface area is 113 Å². The topological polar surface area (TPSA) is 51.0 Å². The highest BCUT2D eigenvalue weighted by Crippen LogP contribution is 2.44. The largest absolute Gasteiger partial charge is 0.352 e. The minimum atomic E-state index is -3.48. The van der Waals surface area contributed by atoms with E-state index in [2.05, 4.69) is 10.3 Å². The van der Waals surface area contributed by atoms with Crippen LogP contribution >= 0.6 is 0 Å². The Balaban J connectivity index is 2.03. The van der Waals surface area contributed by atoms with E-state index in [1.165, 1.54) is 10.7 Å². The molecule has 0 N–H and O–H groups in total. The zero-order chi connectivity index (χ0) is 14.5. The van der Waals surface area contributed by atoms with Crippen molar-refractivity contribution in [1.29, 1.82) is 0 Å². The summed E-state index contributed by atoms with van der Waals surface area (Å²) in [5, 5.41) is 7.56. The Bertz CT molecular complexity index is 695. The van der Waals surface area contributed by atoms with Gasteiger partial charge >= 0.3 is 11.8 Å². The van der Waals surface area contributed by atoms with Crippen LogP contribution < -0.4 is 4.90 Å². The molecule has 1 aromatic heterocycles. The van der Waals surface area contributed by atoms with E-state index in [1.807, 2.05) is 0 Å². The average molecular weight is 278 g/mol. The van der Waals surface area contributed by atoms with Gasteiger partial charge in [-0.2, -0.15) is 8.78 Å². The second-order valence-electron chi connectivity index (χ2n) is 4.87. The Morgan fingerprint density at radius 2 is 2.10 bits per heavy atom. The van der Waals surface area contributed by atoms with E-state index in [-0.39, 0.29) is 17.8 Å². The van der Waals surface area contributed by atoms with E-state index in [0.717, 1.165) is 4.90 Å². The average Bonchev–Trinajstić information content (AvgIpc) is 2.87. The minimum absolute atomic E-state index is 0.0156. The molecular weight excluding hydrogens is 266 g/mol. The molecule has 3 rings (SSSR count). The van der Waals surface area contributed by atoms with Crippen molar-refractivity contribution in [1.82, 2.24) is 15.0 Å². The van der Waals surface area contributed by atoms with Gasteiger partial charge in [0.2, 0.25) is 0 Å². The van der Waals surface area contributed by atoms with Crippen molar-refractivity contribution in [3.63, 3.8) is 0 Å². The lowest BCUT2D eigenvalue weighted by atomic mass is 10.1. The third-order valence-electron chi connectivity index (χ3n) is 3.27. The number of hydrogen-bond acceptors (Lipinski definition) is 3. The first-order valence-corrected chi connectivity index (χ1v) is 6.05. The summed E-state index contributed by atoms with van der Waals surface area (Å²) in [6.45, 7) is 1.70. The zero-order valence-corrected chi connectivity index (χ0v) is 11.0. The van der Waals surface area contributed by atoms with Gasteiger partial charge in [0.25, 0.3) is 0 Å². The number of carbonyl (C=O) groups is 1. The van der Waals surface area contributed by atoms with Crippen molar-refractivity contribution in [2.75, 3.05) is 4.90 Å². The van der Waals surface area contributed by atoms with Crippen LogP contribution in [0.2, 0.25) is 0 Å². The standard InChI is InChI=1S/C13H12F2N4O/c1-8-3-4-11-10(5-8)13(14,15)12(20)19(11)7-9-6-18(2)17-16-9/h3-6H,7H2,1-2H3. The number of rotatable bonds is 2. The van der Waals surface area contributed by atoms with E-state index < -0.39 is 11.8 Å². The van der Waals surface area contributed by atoms with Crippen molar-refractivity contribution in [3.8, 4) is 0 Å². The van der Waals surface area contributed by atoms with Crippen LogP contribution in [0.4, 0.5) is 14.5 Å². The molecule has 0 radical (unpaired) electrons. The fraction of sp³-hybridized carbons (Fsp3) is 0.308. The quantitative estimate of drug-likeness (QED) is 0.841. The second kappa shape index (κ2) is 4.09. The van der Waals surface area contributed by atoms with Gasteiger partial charge in [0.1, 0.15) is 5.69 Å². The van der Waals surface area contributed by atoms with Gasteiger partial charge in [-0.05, 0) is 19.1 Å². The molecule has 0 spiro atoms. The number of fused-ring (bicyclic) bond motifs is 1. The van der Waals surface area contributed by atoms with E-state index in [1.54, 1.807) is 32.3 Å². The molecule has 20 heavy (non-hydrogen) atoms. The lowest BCUT2D eigenvalue weighted by Gasteiger charge is -2.15. The van der Waals surface area contributed by atoms with Gasteiger partial charge < -0.3 is 4.90 Å². The molecule has 1 amide bonds. The fourth-order valence-corrected chi connectivity index (χ4v) is 2.32. The van der Waals surface area contributed by atoms with Crippen LogP contribution in [0.5, 0.6) is 0 Å². The third kappa shape index (κ3) is 1.77. The highest BCUT2D eigenvalue weighted by Gasteiger charge is 2.52. The molecule has 2 heterocycles. The van der Waals surface area contributed by atoms with Crippen LogP contribution in [0.25, 0.3) is 0 Å². The molecule has 0 saturated carbocycles. The minimum Gasteiger partial charge on any atom is -0.300 e. The number of amides is 1. The van der Waals surface area contributed by atoms with Crippen LogP contribution in [0.3, 0.4) is 0 Å². The number of benzene rings is 1. The molecule has 5 nitrogen and oxygen atoms in total. The molecule has 0 saturated heterocycles. The molecule has 104 valence electrons. The Kier molecular flexibility index (Phi) is 2.60. The van der Waals surface area contributed by atoms with Gasteiger partial charge in [0.15, 0.2) is 0 Å². The number of nitrogens with zero attached hydrogens (tertiary/aromatic N) is 4. The van der Waals surface area contributed by atoms with E-state index in [9.17, 15) is 13.6 Å². The summed E-state index contributed by atoms with van der Waals surface area (Å²) in [6, 6.07) is 4.60. The second-order valence-corrected chi connectivity index (χ2v) is 4.87. The monoisotopic (exact) mass is 278 g/mol. The predicted molar refractivity (Wildman–Crippen MR) is 67.3 cm³/mol. The summed E-state index contributed by atoms with van der Waals surface area (Å²) in [5.74, 6) is -4.70. The Morgan fingerprint density at radius 3 is 2.75 bits per heavy atom. The fourth-order valence-electron chi connectivity index (χ4n) is 2.32. The first-order chi connectivity index (χ1) is 9.39. The van der Waals surface area contributed by atoms with Crippen molar-refractivity contribution in [2.45, 2.75) is 19.4 Å². The summed E-state index contributed by atoms with van der Waals surface area (Å²) >= 11 is 0. The van der Waals surface area contributed by atoms with Crippen LogP contribution in [0.1, 0.15) is 16.8 Å². The van der Waals surface area contributed by atoms with E-state index >= 15 is 0 Å². The summed E-state index contributed by atoms with van der Waals surface area (Å²) in [4.78, 5) is 13.0. The smallest absolute Gasteiger partial charge is 0.300 e. The first-order valence-electron chi connectivity index (χ1n) is 6.05. The Morgan fingerprint density at radius 1 is 1.35 bits per heavy atom. The molecule has 0 atom stereocenters. The van der Waals surface area contributed by atoms with Crippen molar-refractivity contribution in [3.05, 3.63) is 41.2 Å². The summed E-state index contributed by atoms with van der Waals surface area (Å²) < 4.78 is 29.5. The SMILES string of the molecule is Cc1ccc2c(c1)C(F)(F)C(=O)N2Cc1cn(C)nn1. The van der Waals surface area contributed by atoms with Gasteiger partial charge in [0, 0.05) is 13.2 Å². The van der Waals surface area contributed by atoms with Crippen molar-refractivity contribution < 1.29 is 13.6 Å². The molecule has 0 aliphatic carbocycles. The van der Waals surface area contributed by atoms with Crippen LogP contribution in [-0.2, 0) is 24.3 Å². The molecule has 1 aliphatic rings. The molecule has 2 aromatic rings. The van der Waals surface area contributed by atoms with Crippen LogP contribution in [0, 0.1) is 6.92 Å². The molecule has 7 heteroatoms. The highest BCUT2D eigenvalue weighted by atomic mass is 19.3. The summed E-state index contributed by atoms with van der Waals surface area (Å²) in [5.41, 5.74) is 1.14. The van der Waals surface area contributed by atoms with Gasteiger partial charge in [-0.25, -0.2) is 0 Å². The molecule has 1 aliphatic heterocycles. The lowest BCUT2D eigenvalue weighted by Crippen LogP contribution is -2.34. The van der Waals surface area contributed by atoms with E-state index in [4.69, 9.17) is 0 Å². The maximum Gasteiger partial charge on any atom is 0.352 e. The van der Waals surface area contributed by atoms with Crippen molar-refractivity contribution >= 4 is 11.6 Å². The van der Waals surface area contributed by atoms with Crippen LogP contribution in [0.15, 0.2) is 24.4 Å². The predicted octanol–water partition coefficient (Wildman–Crippen LogP) is 1.76. The number of anilines is 1. The number of aromatic nitrogens is 3. The van der Waals surface area contributed by atoms with Gasteiger partial charge in [0.05, 0.1) is 17.8 Å². The molecule has 0 unspecified atom stereocenters. The summed E-state index contributed by atoms with van der Waals surface area (Å²) in [7, 11) is 1.67. The van der Waals surface area contributed by atoms with Crippen LogP contribution in [-0.4, -0.2) is 20.9 Å². The maximum atomic E-state index is 14.0. The number of halogens is 2. The Hall–Kier alpha value is -2.31. The maximum absolute atomic E-state index is 14.0. The molecule has 1 aromatic carbocycles. The zero-order valence-electron chi connectivity index (χ0n) is 11.0. The number of aryl methyl sites for hydroxylation is 2. The van der Waals surface area contributed by atoms with E-state index in [0.29, 0.717) is 11.3 Å². The van der Waals surface area contributed by atoms with Gasteiger partial charge in [-0.1, -0.05) is 16.8 Å². The van der Waals surface area contributed by atoms with Gasteiger partial charge in [-0.15, -0.1) is 5.10 Å².